The third-order valence-corrected chi connectivity index (χ3v) is 10.0. The number of thioether (sulfide) groups is 1. The molecule has 10 nitrogen and oxygen atoms in total. The number of hydrogen-bond donors (Lipinski definition) is 8. The van der Waals surface area contributed by atoms with E-state index in [4.69, 9.17) is 9.47 Å². The first-order valence-corrected chi connectivity index (χ1v) is 15.5. The first kappa shape index (κ1) is 34.0. The van der Waals surface area contributed by atoms with Crippen molar-refractivity contribution in [1.29, 1.82) is 0 Å². The molecule has 0 amide bonds. The summed E-state index contributed by atoms with van der Waals surface area (Å²) in [5.41, 5.74) is 3.26. The van der Waals surface area contributed by atoms with Gasteiger partial charge in [-0.1, -0.05) is 77.6 Å². The zero-order valence-electron chi connectivity index (χ0n) is 25.8. The van der Waals surface area contributed by atoms with Crippen molar-refractivity contribution in [2.24, 2.45) is 0 Å². The lowest BCUT2D eigenvalue weighted by atomic mass is 9.87. The minimum atomic E-state index is -2.15. The van der Waals surface area contributed by atoms with Gasteiger partial charge in [-0.15, -0.1) is 0 Å². The summed E-state index contributed by atoms with van der Waals surface area (Å²) in [6.45, 7) is 11.0. The highest BCUT2D eigenvalue weighted by atomic mass is 32.2. The summed E-state index contributed by atoms with van der Waals surface area (Å²) in [4.78, 5) is -4.29. The molecule has 2 fully saturated rings. The Balaban J connectivity index is 1.69. The van der Waals surface area contributed by atoms with Crippen LogP contribution < -0.4 is 10.6 Å². The van der Waals surface area contributed by atoms with Gasteiger partial charge in [-0.3, -0.25) is 0 Å². The van der Waals surface area contributed by atoms with E-state index in [0.717, 1.165) is 11.1 Å². The van der Waals surface area contributed by atoms with Gasteiger partial charge in [0.05, 0.1) is 38.5 Å². The molecule has 2 saturated heterocycles. The molecule has 2 aliphatic rings. The number of aliphatic hydroxyl groups excluding tert-OH is 4. The first-order valence-electron chi connectivity index (χ1n) is 14.7. The average Bonchev–Trinajstić information content (AvgIpc) is 2.93. The van der Waals surface area contributed by atoms with Crippen molar-refractivity contribution in [2.75, 3.05) is 37.1 Å². The van der Waals surface area contributed by atoms with Gasteiger partial charge in [0.2, 0.25) is 0 Å². The van der Waals surface area contributed by atoms with Crippen LogP contribution in [0.25, 0.3) is 0 Å². The smallest absolute Gasteiger partial charge is 0.164 e. The summed E-state index contributed by atoms with van der Waals surface area (Å²) < 4.78 is 11.3. The quantitative estimate of drug-likeness (QED) is 0.204. The predicted molar refractivity (Wildman–Crippen MR) is 168 cm³/mol. The minimum Gasteiger partial charge on any atom is -0.394 e. The van der Waals surface area contributed by atoms with E-state index in [1.54, 1.807) is 0 Å². The van der Waals surface area contributed by atoms with Crippen LogP contribution >= 0.6 is 11.8 Å². The Hall–Kier alpha value is -1.93. The topological polar surface area (TPSA) is 164 Å². The van der Waals surface area contributed by atoms with Crippen molar-refractivity contribution in [3.05, 3.63) is 59.7 Å². The lowest BCUT2D eigenvalue weighted by molar-refractivity contribution is -0.174. The van der Waals surface area contributed by atoms with Gasteiger partial charge in [-0.05, 0) is 46.2 Å². The van der Waals surface area contributed by atoms with Gasteiger partial charge < -0.3 is 50.7 Å². The number of nitrogens with one attached hydrogen (secondary N) is 2. The highest BCUT2D eigenvalue weighted by Gasteiger charge is 2.62. The fourth-order valence-electron chi connectivity index (χ4n) is 5.59. The standard InChI is InChI=1S/C32H48N2O8S/c1-29(2,3)19-7-11-21(12-8-19)33-27-23(37)17-41-25(15-35)31(27,39)43-32(40)26(16-36)42-18-24(38)28(32)34-22-13-9-20(10-14-22)30(4,5)6/h7-14,23-28,33-40H,15-18H2,1-6H3/t23-,24-,25+,26+,27-,28-,31-,32-/m0/s1. The van der Waals surface area contributed by atoms with Crippen LogP contribution in [0.2, 0.25) is 0 Å². The molecule has 2 aromatic rings. The van der Waals surface area contributed by atoms with Crippen LogP contribution in [0.5, 0.6) is 0 Å². The molecule has 2 aromatic carbocycles. The van der Waals surface area contributed by atoms with E-state index < -0.39 is 59.6 Å². The van der Waals surface area contributed by atoms with Crippen molar-refractivity contribution in [1.82, 2.24) is 0 Å². The maximum atomic E-state index is 12.3. The van der Waals surface area contributed by atoms with E-state index in [1.165, 1.54) is 0 Å². The Morgan fingerprint density at radius 3 is 1.28 bits per heavy atom. The fourth-order valence-corrected chi connectivity index (χ4v) is 7.35. The lowest BCUT2D eigenvalue weighted by Crippen LogP contribution is -2.71. The average molecular weight is 621 g/mol. The predicted octanol–water partition coefficient (Wildman–Crippen LogP) is 2.16. The maximum Gasteiger partial charge on any atom is 0.164 e. The number of anilines is 2. The molecule has 0 unspecified atom stereocenters. The second-order valence-corrected chi connectivity index (χ2v) is 15.2. The van der Waals surface area contributed by atoms with Crippen molar-refractivity contribution >= 4 is 23.1 Å². The number of ether oxygens (including phenoxy) is 2. The lowest BCUT2D eigenvalue weighted by Gasteiger charge is -2.54. The SMILES string of the molecule is CC(C)(C)c1ccc(N[C@H]2[C@@H](O)CO[C@H](CO)[C@]2(O)S[C@@]2(O)[C@@H](CO)OC[C@H](O)[C@@H]2Nc2ccc(C(C)(C)C)cc2)cc1. The third kappa shape index (κ3) is 7.16. The summed E-state index contributed by atoms with van der Waals surface area (Å²) in [5, 5.41) is 73.6. The first-order chi connectivity index (χ1) is 20.0. The van der Waals surface area contributed by atoms with Crippen molar-refractivity contribution < 1.29 is 40.1 Å². The van der Waals surface area contributed by atoms with Crippen molar-refractivity contribution in [3.63, 3.8) is 0 Å². The molecule has 8 atom stereocenters. The Kier molecular flexibility index (Phi) is 10.1. The van der Waals surface area contributed by atoms with E-state index in [0.29, 0.717) is 23.1 Å². The van der Waals surface area contributed by atoms with Crippen LogP contribution in [0.1, 0.15) is 52.7 Å². The van der Waals surface area contributed by atoms with Crippen LogP contribution in [0, 0.1) is 0 Å². The highest BCUT2D eigenvalue weighted by Crippen LogP contribution is 2.49. The van der Waals surface area contributed by atoms with Crippen LogP contribution in [-0.2, 0) is 20.3 Å². The Morgan fingerprint density at radius 1 is 0.674 bits per heavy atom. The molecule has 0 aliphatic carbocycles. The normalized spacial score (nSPS) is 33.7. The molecule has 11 heteroatoms. The molecule has 0 spiro atoms. The van der Waals surface area contributed by atoms with Crippen LogP contribution in [0.3, 0.4) is 0 Å². The molecule has 8 N–H and O–H groups in total. The molecule has 43 heavy (non-hydrogen) atoms. The Morgan fingerprint density at radius 2 is 1.00 bits per heavy atom. The van der Waals surface area contributed by atoms with Crippen LogP contribution in [0.4, 0.5) is 11.4 Å². The van der Waals surface area contributed by atoms with E-state index in [2.05, 4.69) is 52.2 Å². The van der Waals surface area contributed by atoms with Crippen LogP contribution in [-0.4, -0.2) is 103 Å². The van der Waals surface area contributed by atoms with Gasteiger partial charge in [0, 0.05) is 11.4 Å². The molecule has 4 rings (SSSR count). The van der Waals surface area contributed by atoms with E-state index in [9.17, 15) is 30.6 Å². The summed E-state index contributed by atoms with van der Waals surface area (Å²) >= 11 is 0.585. The zero-order valence-corrected chi connectivity index (χ0v) is 26.6. The summed E-state index contributed by atoms with van der Waals surface area (Å²) in [6, 6.07) is 12.9. The minimum absolute atomic E-state index is 0.0746. The molecule has 0 aromatic heterocycles. The fraction of sp³-hybridized carbons (Fsp3) is 0.625. The summed E-state index contributed by atoms with van der Waals surface area (Å²) in [5.74, 6) is 0. The van der Waals surface area contributed by atoms with E-state index in [1.807, 2.05) is 48.5 Å². The summed E-state index contributed by atoms with van der Waals surface area (Å²) in [6.07, 6.45) is -4.93. The molecule has 0 saturated carbocycles. The van der Waals surface area contributed by atoms with E-state index in [-0.39, 0.29) is 24.0 Å². The molecule has 240 valence electrons. The number of benzene rings is 2. The number of hydrogen-bond acceptors (Lipinski definition) is 11. The van der Waals surface area contributed by atoms with E-state index >= 15 is 0 Å². The Bertz CT molecular complexity index is 1110. The van der Waals surface area contributed by atoms with Gasteiger partial charge in [-0.2, -0.15) is 0 Å². The third-order valence-electron chi connectivity index (χ3n) is 8.32. The largest absolute Gasteiger partial charge is 0.394 e. The second-order valence-electron chi connectivity index (χ2n) is 13.6. The van der Waals surface area contributed by atoms with Gasteiger partial charge >= 0.3 is 0 Å². The van der Waals surface area contributed by atoms with Crippen molar-refractivity contribution in [3.8, 4) is 0 Å². The van der Waals surface area contributed by atoms with Gasteiger partial charge in [0.1, 0.15) is 24.4 Å². The number of rotatable bonds is 8. The highest BCUT2D eigenvalue weighted by molar-refractivity contribution is 8.01. The second kappa shape index (κ2) is 12.8. The monoisotopic (exact) mass is 620 g/mol. The van der Waals surface area contributed by atoms with Gasteiger partial charge in [-0.25, -0.2) is 0 Å². The van der Waals surface area contributed by atoms with Crippen LogP contribution in [0.15, 0.2) is 48.5 Å². The van der Waals surface area contributed by atoms with Gasteiger partial charge in [0.15, 0.2) is 9.87 Å². The zero-order chi connectivity index (χ0) is 31.8. The Labute approximate surface area is 258 Å². The molecular formula is C32H48N2O8S. The molecule has 0 bridgehead atoms. The number of aliphatic hydroxyl groups is 6. The maximum absolute atomic E-state index is 12.3. The molecule has 0 radical (unpaired) electrons. The summed E-state index contributed by atoms with van der Waals surface area (Å²) in [7, 11) is 0. The van der Waals surface area contributed by atoms with Crippen molar-refractivity contribution in [2.45, 2.75) is 98.7 Å². The molecule has 2 aliphatic heterocycles. The molecular weight excluding hydrogens is 572 g/mol. The van der Waals surface area contributed by atoms with Gasteiger partial charge in [0.25, 0.3) is 0 Å². The molecule has 2 heterocycles.